The number of hydrogen-bond donors (Lipinski definition) is 2. The predicted molar refractivity (Wildman–Crippen MR) is 83.7 cm³/mol. The fourth-order valence-corrected chi connectivity index (χ4v) is 2.92. The molecule has 0 bridgehead atoms. The number of fused-ring (bicyclic) bond motifs is 1. The molecule has 21 heavy (non-hydrogen) atoms. The van der Waals surface area contributed by atoms with Gasteiger partial charge in [-0.25, -0.2) is 0 Å². The largest absolute Gasteiger partial charge is 0.384 e. The predicted octanol–water partition coefficient (Wildman–Crippen LogP) is 3.48. The van der Waals surface area contributed by atoms with Crippen molar-refractivity contribution in [1.82, 2.24) is 0 Å². The molecule has 0 aliphatic carbocycles. The lowest BCUT2D eigenvalue weighted by Crippen LogP contribution is -2.08. The van der Waals surface area contributed by atoms with Crippen molar-refractivity contribution in [3.63, 3.8) is 0 Å². The van der Waals surface area contributed by atoms with Gasteiger partial charge in [-0.3, -0.25) is 4.79 Å². The number of benzene rings is 2. The van der Waals surface area contributed by atoms with Gasteiger partial charge in [-0.05, 0) is 35.2 Å². The second-order valence-electron chi connectivity index (χ2n) is 5.26. The molecule has 2 aromatic carbocycles. The first-order chi connectivity index (χ1) is 10.1. The SMILES string of the molecule is CCc1cc2c(c(C(O)c3cccc(Cl)c3)c1)NC(=O)C2. The molecule has 0 saturated heterocycles. The molecule has 0 aromatic heterocycles. The summed E-state index contributed by atoms with van der Waals surface area (Å²) in [4.78, 5) is 11.7. The second-order valence-corrected chi connectivity index (χ2v) is 5.69. The van der Waals surface area contributed by atoms with Gasteiger partial charge in [-0.1, -0.05) is 42.8 Å². The molecule has 1 unspecified atom stereocenters. The summed E-state index contributed by atoms with van der Waals surface area (Å²) in [6, 6.07) is 11.1. The van der Waals surface area contributed by atoms with Crippen LogP contribution in [0.2, 0.25) is 5.02 Å². The zero-order valence-electron chi connectivity index (χ0n) is 11.7. The number of nitrogens with one attached hydrogen (secondary N) is 1. The van der Waals surface area contributed by atoms with E-state index in [9.17, 15) is 9.90 Å². The number of halogens is 1. The average Bonchev–Trinajstić information content (AvgIpc) is 2.85. The van der Waals surface area contributed by atoms with E-state index in [2.05, 4.69) is 12.2 Å². The maximum absolute atomic E-state index is 11.7. The fraction of sp³-hybridized carbons (Fsp3) is 0.235. The fourth-order valence-electron chi connectivity index (χ4n) is 2.72. The highest BCUT2D eigenvalue weighted by Crippen LogP contribution is 2.36. The first-order valence-electron chi connectivity index (χ1n) is 6.97. The van der Waals surface area contributed by atoms with Crippen molar-refractivity contribution >= 4 is 23.2 Å². The van der Waals surface area contributed by atoms with Crippen LogP contribution in [-0.4, -0.2) is 11.0 Å². The van der Waals surface area contributed by atoms with E-state index in [0.29, 0.717) is 11.4 Å². The van der Waals surface area contributed by atoms with Gasteiger partial charge in [0.2, 0.25) is 5.91 Å². The molecule has 1 amide bonds. The molecule has 2 N–H and O–H groups in total. The van der Waals surface area contributed by atoms with E-state index >= 15 is 0 Å². The van der Waals surface area contributed by atoms with Crippen molar-refractivity contribution in [3.8, 4) is 0 Å². The Labute approximate surface area is 128 Å². The lowest BCUT2D eigenvalue weighted by Gasteiger charge is -2.17. The monoisotopic (exact) mass is 301 g/mol. The van der Waals surface area contributed by atoms with Gasteiger partial charge < -0.3 is 10.4 Å². The molecule has 0 fully saturated rings. The molecular weight excluding hydrogens is 286 g/mol. The number of carbonyl (C=O) groups is 1. The average molecular weight is 302 g/mol. The van der Waals surface area contributed by atoms with Crippen molar-refractivity contribution in [2.24, 2.45) is 0 Å². The summed E-state index contributed by atoms with van der Waals surface area (Å²) in [6.07, 6.45) is 0.428. The Morgan fingerprint density at radius 1 is 1.33 bits per heavy atom. The van der Waals surface area contributed by atoms with Gasteiger partial charge in [0.1, 0.15) is 6.10 Å². The third-order valence-corrected chi connectivity index (χ3v) is 4.03. The number of aliphatic hydroxyl groups is 1. The highest BCUT2D eigenvalue weighted by molar-refractivity contribution is 6.30. The normalized spacial score (nSPS) is 14.7. The van der Waals surface area contributed by atoms with Crippen LogP contribution in [-0.2, 0) is 17.6 Å². The van der Waals surface area contributed by atoms with E-state index in [1.54, 1.807) is 12.1 Å². The molecule has 1 heterocycles. The molecule has 1 aliphatic heterocycles. The summed E-state index contributed by atoms with van der Waals surface area (Å²) in [6.45, 7) is 2.06. The maximum atomic E-state index is 11.7. The third-order valence-electron chi connectivity index (χ3n) is 3.79. The molecule has 1 aliphatic rings. The van der Waals surface area contributed by atoms with Gasteiger partial charge in [0, 0.05) is 10.6 Å². The topological polar surface area (TPSA) is 49.3 Å². The Hall–Kier alpha value is -1.84. The van der Waals surface area contributed by atoms with Crippen LogP contribution in [0.5, 0.6) is 0 Å². The summed E-state index contributed by atoms with van der Waals surface area (Å²) in [5, 5.41) is 14.1. The smallest absolute Gasteiger partial charge is 0.228 e. The summed E-state index contributed by atoms with van der Waals surface area (Å²) in [7, 11) is 0. The number of anilines is 1. The molecule has 1 atom stereocenters. The third kappa shape index (κ3) is 2.67. The zero-order valence-corrected chi connectivity index (χ0v) is 12.4. The molecule has 3 rings (SSSR count). The number of amides is 1. The molecular formula is C17H16ClNO2. The second kappa shape index (κ2) is 5.51. The molecule has 108 valence electrons. The van der Waals surface area contributed by atoms with E-state index in [-0.39, 0.29) is 5.91 Å². The number of rotatable bonds is 3. The molecule has 2 aromatic rings. The summed E-state index contributed by atoms with van der Waals surface area (Å²) in [5.74, 6) is -0.0298. The molecule has 0 saturated carbocycles. The van der Waals surface area contributed by atoms with Gasteiger partial charge in [0.05, 0.1) is 12.1 Å². The maximum Gasteiger partial charge on any atom is 0.228 e. The van der Waals surface area contributed by atoms with Gasteiger partial charge in [0.15, 0.2) is 0 Å². The standard InChI is InChI=1S/C17H16ClNO2/c1-2-10-6-12-9-15(20)19-16(12)14(7-10)17(21)11-4-3-5-13(18)8-11/h3-8,17,21H,2,9H2,1H3,(H,19,20). The van der Waals surface area contributed by atoms with Crippen LogP contribution in [0.3, 0.4) is 0 Å². The van der Waals surface area contributed by atoms with Crippen molar-refractivity contribution < 1.29 is 9.90 Å². The zero-order chi connectivity index (χ0) is 15.0. The van der Waals surface area contributed by atoms with Gasteiger partial charge in [-0.2, -0.15) is 0 Å². The highest BCUT2D eigenvalue weighted by atomic mass is 35.5. The van der Waals surface area contributed by atoms with Crippen molar-refractivity contribution in [1.29, 1.82) is 0 Å². The first kappa shape index (κ1) is 14.1. The quantitative estimate of drug-likeness (QED) is 0.912. The van der Waals surface area contributed by atoms with E-state index in [0.717, 1.165) is 34.4 Å². The van der Waals surface area contributed by atoms with E-state index in [1.165, 1.54) is 0 Å². The van der Waals surface area contributed by atoms with Crippen LogP contribution in [0.4, 0.5) is 5.69 Å². The Morgan fingerprint density at radius 3 is 2.86 bits per heavy atom. The van der Waals surface area contributed by atoms with Crippen LogP contribution in [0.1, 0.15) is 35.3 Å². The van der Waals surface area contributed by atoms with Gasteiger partial charge in [-0.15, -0.1) is 0 Å². The number of aryl methyl sites for hydroxylation is 1. The lowest BCUT2D eigenvalue weighted by atomic mass is 9.94. The number of carbonyl (C=O) groups excluding carboxylic acids is 1. The van der Waals surface area contributed by atoms with Crippen LogP contribution in [0, 0.1) is 0 Å². The Morgan fingerprint density at radius 2 is 2.14 bits per heavy atom. The molecule has 3 nitrogen and oxygen atoms in total. The minimum atomic E-state index is -0.803. The van der Waals surface area contributed by atoms with Crippen molar-refractivity contribution in [3.05, 3.63) is 63.7 Å². The molecule has 0 spiro atoms. The minimum Gasteiger partial charge on any atom is -0.384 e. The van der Waals surface area contributed by atoms with Crippen LogP contribution >= 0.6 is 11.6 Å². The highest BCUT2D eigenvalue weighted by Gasteiger charge is 2.25. The Balaban J connectivity index is 2.09. The van der Waals surface area contributed by atoms with E-state index in [4.69, 9.17) is 11.6 Å². The van der Waals surface area contributed by atoms with Crippen LogP contribution < -0.4 is 5.32 Å². The van der Waals surface area contributed by atoms with Crippen LogP contribution in [0.25, 0.3) is 0 Å². The summed E-state index contributed by atoms with van der Waals surface area (Å²) >= 11 is 5.99. The molecule has 0 radical (unpaired) electrons. The van der Waals surface area contributed by atoms with Crippen LogP contribution in [0.15, 0.2) is 36.4 Å². The van der Waals surface area contributed by atoms with E-state index in [1.807, 2.05) is 24.3 Å². The number of aliphatic hydroxyl groups excluding tert-OH is 1. The van der Waals surface area contributed by atoms with E-state index < -0.39 is 6.10 Å². The van der Waals surface area contributed by atoms with Gasteiger partial charge in [0.25, 0.3) is 0 Å². The molecule has 4 heteroatoms. The van der Waals surface area contributed by atoms with Crippen molar-refractivity contribution in [2.75, 3.05) is 5.32 Å². The summed E-state index contributed by atoms with van der Waals surface area (Å²) in [5.41, 5.74) is 4.26. The minimum absolute atomic E-state index is 0.0298. The summed E-state index contributed by atoms with van der Waals surface area (Å²) < 4.78 is 0. The first-order valence-corrected chi connectivity index (χ1v) is 7.35. The Bertz CT molecular complexity index is 712. The lowest BCUT2D eigenvalue weighted by molar-refractivity contribution is -0.115. The van der Waals surface area contributed by atoms with Crippen molar-refractivity contribution in [2.45, 2.75) is 25.9 Å². The number of hydrogen-bond acceptors (Lipinski definition) is 2. The van der Waals surface area contributed by atoms with Gasteiger partial charge >= 0.3 is 0 Å². The Kier molecular flexibility index (Phi) is 3.70.